The lowest BCUT2D eigenvalue weighted by Gasteiger charge is -2.26. The number of nitriles is 2. The second-order valence-corrected chi connectivity index (χ2v) is 8.71. The molecule has 0 aliphatic rings. The molecule has 2 aromatic carbocycles. The van der Waals surface area contributed by atoms with Crippen LogP contribution in [0.5, 0.6) is 0 Å². The van der Waals surface area contributed by atoms with Crippen LogP contribution < -0.4 is 0 Å². The van der Waals surface area contributed by atoms with Crippen LogP contribution in [0.4, 0.5) is 0 Å². The van der Waals surface area contributed by atoms with E-state index in [9.17, 15) is 13.2 Å². The molecule has 0 aromatic heterocycles. The maximum atomic E-state index is 13.3. The molecule has 0 saturated carbocycles. The molecule has 0 aliphatic heterocycles. The van der Waals surface area contributed by atoms with E-state index in [2.05, 4.69) is 0 Å². The van der Waals surface area contributed by atoms with Gasteiger partial charge in [-0.2, -0.15) is 14.8 Å². The Morgan fingerprint density at radius 3 is 2.17 bits per heavy atom. The second kappa shape index (κ2) is 11.1. The molecule has 156 valence electrons. The van der Waals surface area contributed by atoms with Crippen LogP contribution in [0.2, 0.25) is 0 Å². The highest BCUT2D eigenvalue weighted by Crippen LogP contribution is 2.20. The van der Waals surface area contributed by atoms with Crippen LogP contribution in [0, 0.1) is 29.6 Å². The van der Waals surface area contributed by atoms with E-state index in [0.717, 1.165) is 15.4 Å². The Bertz CT molecular complexity index is 1020. The molecular formula is C22H24N4O3S. The number of nitrogens with zero attached hydrogens (tertiary/aromatic N) is 4. The van der Waals surface area contributed by atoms with Gasteiger partial charge in [0.2, 0.25) is 15.9 Å². The summed E-state index contributed by atoms with van der Waals surface area (Å²) < 4.78 is 27.8. The van der Waals surface area contributed by atoms with Crippen LogP contribution in [0.3, 0.4) is 0 Å². The van der Waals surface area contributed by atoms with Crippen LogP contribution in [-0.4, -0.2) is 43.2 Å². The fraction of sp³-hybridized carbons (Fsp3) is 0.318. The molecule has 30 heavy (non-hydrogen) atoms. The number of amides is 1. The standard InChI is InChI=1S/C22H24N4O3S/c1-19-8-5-11-21(16-19)30(28,29)26(17-20-9-3-2-4-10-20)18-22(27)25(14-6-12-23)15-7-13-24/h2-5,8-11,16H,6-7,14-15,17-18H2,1H3. The third-order valence-corrected chi connectivity index (χ3v) is 6.27. The van der Waals surface area contributed by atoms with Gasteiger partial charge in [-0.15, -0.1) is 0 Å². The van der Waals surface area contributed by atoms with Gasteiger partial charge in [0.25, 0.3) is 0 Å². The minimum atomic E-state index is -3.94. The van der Waals surface area contributed by atoms with Gasteiger partial charge in [0.15, 0.2) is 0 Å². The molecule has 0 bridgehead atoms. The molecule has 0 radical (unpaired) electrons. The van der Waals surface area contributed by atoms with Crippen molar-refractivity contribution < 1.29 is 13.2 Å². The zero-order valence-corrected chi connectivity index (χ0v) is 17.7. The number of hydrogen-bond acceptors (Lipinski definition) is 5. The molecule has 1 amide bonds. The van der Waals surface area contributed by atoms with E-state index in [1.807, 2.05) is 18.2 Å². The highest BCUT2D eigenvalue weighted by atomic mass is 32.2. The maximum absolute atomic E-state index is 13.3. The van der Waals surface area contributed by atoms with Crippen molar-refractivity contribution in [3.63, 3.8) is 0 Å². The van der Waals surface area contributed by atoms with E-state index in [1.165, 1.54) is 11.0 Å². The minimum absolute atomic E-state index is 0.0349. The summed E-state index contributed by atoms with van der Waals surface area (Å²) in [5.41, 5.74) is 1.55. The van der Waals surface area contributed by atoms with Crippen LogP contribution in [0.1, 0.15) is 24.0 Å². The lowest BCUT2D eigenvalue weighted by molar-refractivity contribution is -0.131. The molecular weight excluding hydrogens is 400 g/mol. The quantitative estimate of drug-likeness (QED) is 0.583. The summed E-state index contributed by atoms with van der Waals surface area (Å²) in [5.74, 6) is -0.437. The van der Waals surface area contributed by atoms with Crippen LogP contribution in [-0.2, 0) is 21.4 Å². The highest BCUT2D eigenvalue weighted by molar-refractivity contribution is 7.89. The van der Waals surface area contributed by atoms with Gasteiger partial charge in [-0.05, 0) is 30.2 Å². The predicted molar refractivity (Wildman–Crippen MR) is 112 cm³/mol. The Labute approximate surface area is 177 Å². The third-order valence-electron chi connectivity index (χ3n) is 4.48. The number of benzene rings is 2. The summed E-state index contributed by atoms with van der Waals surface area (Å²) in [4.78, 5) is 14.4. The molecule has 0 N–H and O–H groups in total. The Kier molecular flexibility index (Phi) is 8.54. The largest absolute Gasteiger partial charge is 0.339 e. The lowest BCUT2D eigenvalue weighted by Crippen LogP contribution is -2.43. The SMILES string of the molecule is Cc1cccc(S(=O)(=O)N(CC(=O)N(CCC#N)CCC#N)Cc2ccccc2)c1. The molecule has 0 aliphatic carbocycles. The zero-order valence-electron chi connectivity index (χ0n) is 16.9. The van der Waals surface area contributed by atoms with Gasteiger partial charge in [-0.3, -0.25) is 4.79 Å². The molecule has 0 heterocycles. The van der Waals surface area contributed by atoms with Gasteiger partial charge in [0, 0.05) is 19.6 Å². The zero-order chi connectivity index (χ0) is 22.0. The normalized spacial score (nSPS) is 10.9. The van der Waals surface area contributed by atoms with Crippen molar-refractivity contribution in [2.75, 3.05) is 19.6 Å². The molecule has 7 nitrogen and oxygen atoms in total. The summed E-state index contributed by atoms with van der Waals surface area (Å²) >= 11 is 0. The van der Waals surface area contributed by atoms with Crippen LogP contribution >= 0.6 is 0 Å². The monoisotopic (exact) mass is 424 g/mol. The van der Waals surface area contributed by atoms with Gasteiger partial charge in [-0.1, -0.05) is 42.5 Å². The Hall–Kier alpha value is -3.20. The predicted octanol–water partition coefficient (Wildman–Crippen LogP) is 2.84. The smallest absolute Gasteiger partial charge is 0.243 e. The Morgan fingerprint density at radius 2 is 1.60 bits per heavy atom. The molecule has 8 heteroatoms. The van der Waals surface area contributed by atoms with Crippen molar-refractivity contribution in [3.05, 3.63) is 65.7 Å². The van der Waals surface area contributed by atoms with Crippen molar-refractivity contribution in [2.45, 2.75) is 31.2 Å². The third kappa shape index (κ3) is 6.41. The molecule has 0 fully saturated rings. The number of hydrogen-bond donors (Lipinski definition) is 0. The van der Waals surface area contributed by atoms with Crippen molar-refractivity contribution in [2.24, 2.45) is 0 Å². The number of sulfonamides is 1. The van der Waals surface area contributed by atoms with E-state index < -0.39 is 15.9 Å². The second-order valence-electron chi connectivity index (χ2n) is 6.77. The first-order chi connectivity index (χ1) is 14.4. The van der Waals surface area contributed by atoms with Crippen LogP contribution in [0.25, 0.3) is 0 Å². The summed E-state index contributed by atoms with van der Waals surface area (Å²) in [6.07, 6.45) is 0.223. The Morgan fingerprint density at radius 1 is 0.967 bits per heavy atom. The first-order valence-corrected chi connectivity index (χ1v) is 10.9. The minimum Gasteiger partial charge on any atom is -0.339 e. The summed E-state index contributed by atoms with van der Waals surface area (Å²) in [5, 5.41) is 17.7. The number of aryl methyl sites for hydroxylation is 1. The topological polar surface area (TPSA) is 105 Å². The molecule has 2 aromatic rings. The van der Waals surface area contributed by atoms with Crippen molar-refractivity contribution in [3.8, 4) is 12.1 Å². The van der Waals surface area contributed by atoms with Gasteiger partial charge >= 0.3 is 0 Å². The summed E-state index contributed by atoms with van der Waals surface area (Å²) in [6, 6.07) is 19.5. The molecule has 2 rings (SSSR count). The van der Waals surface area contributed by atoms with Gasteiger partial charge in [0.1, 0.15) is 0 Å². The Balaban J connectivity index is 2.34. The maximum Gasteiger partial charge on any atom is 0.243 e. The van der Waals surface area contributed by atoms with Crippen LogP contribution in [0.15, 0.2) is 59.5 Å². The van der Waals surface area contributed by atoms with E-state index in [0.29, 0.717) is 0 Å². The fourth-order valence-electron chi connectivity index (χ4n) is 2.92. The summed E-state index contributed by atoms with van der Waals surface area (Å²) in [7, 11) is -3.94. The molecule has 0 spiro atoms. The van der Waals surface area contributed by atoms with Crippen molar-refractivity contribution in [1.82, 2.24) is 9.21 Å². The number of carbonyl (C=O) groups excluding carboxylic acids is 1. The van der Waals surface area contributed by atoms with E-state index >= 15 is 0 Å². The van der Waals surface area contributed by atoms with E-state index in [-0.39, 0.29) is 43.9 Å². The number of rotatable bonds is 10. The van der Waals surface area contributed by atoms with Crippen molar-refractivity contribution in [1.29, 1.82) is 10.5 Å². The van der Waals surface area contributed by atoms with Gasteiger partial charge < -0.3 is 4.90 Å². The summed E-state index contributed by atoms with van der Waals surface area (Å²) in [6.45, 7) is 1.77. The average Bonchev–Trinajstić information content (AvgIpc) is 2.74. The van der Waals surface area contributed by atoms with Gasteiger partial charge in [0.05, 0.1) is 36.4 Å². The number of carbonyl (C=O) groups is 1. The molecule has 0 atom stereocenters. The van der Waals surface area contributed by atoms with Crippen molar-refractivity contribution >= 4 is 15.9 Å². The molecule has 0 saturated heterocycles. The van der Waals surface area contributed by atoms with Gasteiger partial charge in [-0.25, -0.2) is 8.42 Å². The van der Waals surface area contributed by atoms with E-state index in [1.54, 1.807) is 49.4 Å². The average molecular weight is 425 g/mol. The van der Waals surface area contributed by atoms with E-state index in [4.69, 9.17) is 10.5 Å². The first-order valence-electron chi connectivity index (χ1n) is 9.51. The highest BCUT2D eigenvalue weighted by Gasteiger charge is 2.28. The fourth-order valence-corrected chi connectivity index (χ4v) is 4.40. The first kappa shape index (κ1) is 23.1. The lowest BCUT2D eigenvalue weighted by atomic mass is 10.2. The molecule has 0 unspecified atom stereocenters.